The van der Waals surface area contributed by atoms with Crippen LogP contribution in [0.3, 0.4) is 0 Å². The number of ether oxygens (including phenoxy) is 1. The quantitative estimate of drug-likeness (QED) is 0.850. The van der Waals surface area contributed by atoms with Crippen molar-refractivity contribution in [2.75, 3.05) is 11.9 Å². The van der Waals surface area contributed by atoms with Gasteiger partial charge in [0.25, 0.3) is 0 Å². The molecule has 1 aromatic carbocycles. The first-order valence-electron chi connectivity index (χ1n) is 6.76. The summed E-state index contributed by atoms with van der Waals surface area (Å²) < 4.78 is 5.37. The zero-order chi connectivity index (χ0) is 14.4. The number of rotatable bonds is 6. The number of carbonyl (C=O) groups excluding carboxylic acids is 1. The van der Waals surface area contributed by atoms with Gasteiger partial charge < -0.3 is 10.1 Å². The van der Waals surface area contributed by atoms with Crippen LogP contribution in [0.5, 0.6) is 5.75 Å². The number of hydrogen-bond donors (Lipinski definition) is 2. The molecule has 0 aliphatic rings. The van der Waals surface area contributed by atoms with E-state index >= 15 is 0 Å². The smallest absolute Gasteiger partial charge is 0.229 e. The first-order valence-corrected chi connectivity index (χ1v) is 6.76. The summed E-state index contributed by atoms with van der Waals surface area (Å²) in [6.45, 7) is 4.60. The van der Waals surface area contributed by atoms with Crippen LogP contribution >= 0.6 is 0 Å². The summed E-state index contributed by atoms with van der Waals surface area (Å²) in [5.74, 6) is 1.44. The van der Waals surface area contributed by atoms with Crippen molar-refractivity contribution < 1.29 is 9.53 Å². The number of anilines is 1. The van der Waals surface area contributed by atoms with Gasteiger partial charge in [-0.15, -0.1) is 0 Å². The predicted octanol–water partition coefficient (Wildman–Crippen LogP) is 2.55. The number of carbonyl (C=O) groups is 1. The van der Waals surface area contributed by atoms with Gasteiger partial charge in [0.15, 0.2) is 0 Å². The lowest BCUT2D eigenvalue weighted by atomic mass is 10.1. The van der Waals surface area contributed by atoms with Crippen LogP contribution in [0.4, 0.5) is 5.82 Å². The number of aromatic nitrogens is 2. The van der Waals surface area contributed by atoms with Crippen LogP contribution in [0.15, 0.2) is 30.5 Å². The molecule has 0 saturated heterocycles. The molecule has 0 unspecified atom stereocenters. The minimum absolute atomic E-state index is 0.0619. The van der Waals surface area contributed by atoms with Gasteiger partial charge in [-0.05, 0) is 31.0 Å². The molecule has 5 nitrogen and oxygen atoms in total. The second-order valence-corrected chi connectivity index (χ2v) is 4.43. The highest BCUT2D eigenvalue weighted by Gasteiger charge is 2.08. The third-order valence-electron chi connectivity index (χ3n) is 2.96. The Kier molecular flexibility index (Phi) is 4.76. The Bertz CT molecular complexity index is 561. The molecule has 1 aromatic heterocycles. The van der Waals surface area contributed by atoms with Gasteiger partial charge >= 0.3 is 0 Å². The maximum absolute atomic E-state index is 12.0. The highest BCUT2D eigenvalue weighted by molar-refractivity contribution is 5.91. The first kappa shape index (κ1) is 14.1. The van der Waals surface area contributed by atoms with Gasteiger partial charge in [-0.25, -0.2) is 0 Å². The predicted molar refractivity (Wildman–Crippen MR) is 77.9 cm³/mol. The lowest BCUT2D eigenvalue weighted by molar-refractivity contribution is -0.115. The Labute approximate surface area is 118 Å². The Morgan fingerprint density at radius 3 is 2.70 bits per heavy atom. The summed E-state index contributed by atoms with van der Waals surface area (Å²) in [5, 5.41) is 9.57. The highest BCUT2D eigenvalue weighted by atomic mass is 16.5. The van der Waals surface area contributed by atoms with Crippen molar-refractivity contribution in [1.29, 1.82) is 0 Å². The minimum Gasteiger partial charge on any atom is -0.494 e. The normalized spacial score (nSPS) is 10.3. The molecule has 0 bridgehead atoms. The largest absolute Gasteiger partial charge is 0.494 e. The summed E-state index contributed by atoms with van der Waals surface area (Å²) in [7, 11) is 0. The molecule has 106 valence electrons. The standard InChI is InChI=1S/C15H19N3O2/c1-3-12-10-16-18-15(12)17-14(19)9-11-5-7-13(8-6-11)20-4-2/h5-8,10H,3-4,9H2,1-2H3,(H2,16,17,18,19). The topological polar surface area (TPSA) is 67.0 Å². The van der Waals surface area contributed by atoms with Crippen LogP contribution in [0.1, 0.15) is 25.0 Å². The molecule has 0 aliphatic heterocycles. The molecular formula is C15H19N3O2. The summed E-state index contributed by atoms with van der Waals surface area (Å²) in [5.41, 5.74) is 1.95. The lowest BCUT2D eigenvalue weighted by Crippen LogP contribution is -2.15. The Morgan fingerprint density at radius 2 is 2.05 bits per heavy atom. The van der Waals surface area contributed by atoms with E-state index in [2.05, 4.69) is 15.5 Å². The van der Waals surface area contributed by atoms with Crippen molar-refractivity contribution in [2.24, 2.45) is 0 Å². The average Bonchev–Trinajstić information content (AvgIpc) is 2.88. The molecule has 2 aromatic rings. The minimum atomic E-state index is -0.0619. The molecule has 2 N–H and O–H groups in total. The molecule has 20 heavy (non-hydrogen) atoms. The summed E-state index contributed by atoms with van der Waals surface area (Å²) in [6.07, 6.45) is 2.89. The number of aromatic amines is 1. The van der Waals surface area contributed by atoms with Gasteiger partial charge in [0.2, 0.25) is 5.91 Å². The van der Waals surface area contributed by atoms with E-state index in [4.69, 9.17) is 4.74 Å². The number of hydrogen-bond acceptors (Lipinski definition) is 3. The average molecular weight is 273 g/mol. The van der Waals surface area contributed by atoms with E-state index in [0.29, 0.717) is 18.8 Å². The van der Waals surface area contributed by atoms with Crippen LogP contribution < -0.4 is 10.1 Å². The van der Waals surface area contributed by atoms with Crippen molar-refractivity contribution in [3.8, 4) is 5.75 Å². The van der Waals surface area contributed by atoms with E-state index in [9.17, 15) is 4.79 Å². The molecule has 0 atom stereocenters. The van der Waals surface area contributed by atoms with Crippen LogP contribution in [0.2, 0.25) is 0 Å². The van der Waals surface area contributed by atoms with Crippen LogP contribution in [0, 0.1) is 0 Å². The van der Waals surface area contributed by atoms with Gasteiger partial charge in [-0.1, -0.05) is 19.1 Å². The lowest BCUT2D eigenvalue weighted by Gasteiger charge is -2.06. The fourth-order valence-electron chi connectivity index (χ4n) is 1.93. The molecule has 0 saturated carbocycles. The maximum Gasteiger partial charge on any atom is 0.229 e. The van der Waals surface area contributed by atoms with Crippen molar-refractivity contribution in [3.05, 3.63) is 41.6 Å². The number of nitrogens with one attached hydrogen (secondary N) is 2. The van der Waals surface area contributed by atoms with E-state index in [1.165, 1.54) is 0 Å². The fourth-order valence-corrected chi connectivity index (χ4v) is 1.93. The molecule has 0 radical (unpaired) electrons. The van der Waals surface area contributed by atoms with Crippen molar-refractivity contribution >= 4 is 11.7 Å². The first-order chi connectivity index (χ1) is 9.72. The second-order valence-electron chi connectivity index (χ2n) is 4.43. The Hall–Kier alpha value is -2.30. The number of aryl methyl sites for hydroxylation is 1. The fraction of sp³-hybridized carbons (Fsp3) is 0.333. The van der Waals surface area contributed by atoms with Crippen LogP contribution in [-0.4, -0.2) is 22.7 Å². The van der Waals surface area contributed by atoms with E-state index < -0.39 is 0 Å². The van der Waals surface area contributed by atoms with Crippen molar-refractivity contribution in [3.63, 3.8) is 0 Å². The van der Waals surface area contributed by atoms with Crippen LogP contribution in [-0.2, 0) is 17.6 Å². The monoisotopic (exact) mass is 273 g/mol. The van der Waals surface area contributed by atoms with Crippen molar-refractivity contribution in [1.82, 2.24) is 10.2 Å². The summed E-state index contributed by atoms with van der Waals surface area (Å²) in [4.78, 5) is 12.0. The molecule has 0 aliphatic carbocycles. The van der Waals surface area contributed by atoms with Gasteiger partial charge in [0, 0.05) is 5.56 Å². The second kappa shape index (κ2) is 6.75. The van der Waals surface area contributed by atoms with E-state index in [-0.39, 0.29) is 5.91 Å². The van der Waals surface area contributed by atoms with Crippen LogP contribution in [0.25, 0.3) is 0 Å². The molecule has 2 rings (SSSR count). The van der Waals surface area contributed by atoms with Gasteiger partial charge in [0.05, 0.1) is 19.2 Å². The van der Waals surface area contributed by atoms with Gasteiger partial charge in [-0.2, -0.15) is 5.10 Å². The van der Waals surface area contributed by atoms with E-state index in [0.717, 1.165) is 23.3 Å². The molecule has 0 fully saturated rings. The third-order valence-corrected chi connectivity index (χ3v) is 2.96. The molecule has 1 amide bonds. The Balaban J connectivity index is 1.94. The van der Waals surface area contributed by atoms with Gasteiger partial charge in [0.1, 0.15) is 11.6 Å². The maximum atomic E-state index is 12.0. The summed E-state index contributed by atoms with van der Waals surface area (Å²) >= 11 is 0. The zero-order valence-electron chi connectivity index (χ0n) is 11.8. The van der Waals surface area contributed by atoms with E-state index in [1.807, 2.05) is 38.1 Å². The number of amides is 1. The molecule has 0 spiro atoms. The zero-order valence-corrected chi connectivity index (χ0v) is 11.8. The van der Waals surface area contributed by atoms with Crippen molar-refractivity contribution in [2.45, 2.75) is 26.7 Å². The summed E-state index contributed by atoms with van der Waals surface area (Å²) in [6, 6.07) is 7.55. The Morgan fingerprint density at radius 1 is 1.30 bits per heavy atom. The number of nitrogens with zero attached hydrogens (tertiary/aromatic N) is 1. The third kappa shape index (κ3) is 3.60. The van der Waals surface area contributed by atoms with E-state index in [1.54, 1.807) is 6.20 Å². The molecular weight excluding hydrogens is 254 g/mol. The SMILES string of the molecule is CCOc1ccc(CC(=O)Nc2[nH]ncc2CC)cc1. The highest BCUT2D eigenvalue weighted by Crippen LogP contribution is 2.14. The number of benzene rings is 1. The molecule has 5 heteroatoms. The molecule has 1 heterocycles. The number of H-pyrrole nitrogens is 1. The van der Waals surface area contributed by atoms with Gasteiger partial charge in [-0.3, -0.25) is 9.89 Å².